The van der Waals surface area contributed by atoms with Crippen molar-refractivity contribution >= 4 is 0 Å². The zero-order chi connectivity index (χ0) is 14.1. The topological polar surface area (TPSA) is 21.3 Å². The molecule has 0 spiro atoms. The Hall–Kier alpha value is -1.02. The maximum absolute atomic E-state index is 5.75. The van der Waals surface area contributed by atoms with Gasteiger partial charge >= 0.3 is 0 Å². The Morgan fingerprint density at radius 1 is 1.11 bits per heavy atom. The summed E-state index contributed by atoms with van der Waals surface area (Å²) in [5.41, 5.74) is 1.35. The smallest absolute Gasteiger partial charge is 0.119 e. The van der Waals surface area contributed by atoms with Crippen molar-refractivity contribution in [3.8, 4) is 5.75 Å². The molecule has 0 aliphatic heterocycles. The zero-order valence-electron chi connectivity index (χ0n) is 12.9. The second-order valence-corrected chi connectivity index (χ2v) is 5.51. The predicted octanol–water partition coefficient (Wildman–Crippen LogP) is 4.56. The second-order valence-electron chi connectivity index (χ2n) is 5.51. The van der Waals surface area contributed by atoms with E-state index in [0.717, 1.165) is 31.7 Å². The molecule has 0 aliphatic rings. The molecule has 0 amide bonds. The Bertz CT molecular complexity index is 332. The molecule has 1 N–H and O–H groups in total. The van der Waals surface area contributed by atoms with Gasteiger partial charge in [0.05, 0.1) is 6.61 Å². The van der Waals surface area contributed by atoms with Gasteiger partial charge in [-0.3, -0.25) is 0 Å². The van der Waals surface area contributed by atoms with Gasteiger partial charge in [-0.15, -0.1) is 0 Å². The Balaban J connectivity index is 2.49. The van der Waals surface area contributed by atoms with Crippen molar-refractivity contribution < 1.29 is 4.74 Å². The lowest BCUT2D eigenvalue weighted by atomic mass is 10.0. The van der Waals surface area contributed by atoms with Crippen molar-refractivity contribution in [3.63, 3.8) is 0 Å². The number of ether oxygens (including phenoxy) is 1. The van der Waals surface area contributed by atoms with Gasteiger partial charge in [0.25, 0.3) is 0 Å². The summed E-state index contributed by atoms with van der Waals surface area (Å²) in [5.74, 6) is 1.68. The first kappa shape index (κ1) is 16.0. The van der Waals surface area contributed by atoms with Gasteiger partial charge in [0.2, 0.25) is 0 Å². The molecule has 0 radical (unpaired) electrons. The van der Waals surface area contributed by atoms with Crippen LogP contribution in [0.25, 0.3) is 0 Å². The van der Waals surface area contributed by atoms with Gasteiger partial charge in [0.15, 0.2) is 0 Å². The van der Waals surface area contributed by atoms with E-state index >= 15 is 0 Å². The molecule has 1 rings (SSSR count). The highest BCUT2D eigenvalue weighted by molar-refractivity contribution is 5.29. The number of rotatable bonds is 9. The third-order valence-corrected chi connectivity index (χ3v) is 3.30. The summed E-state index contributed by atoms with van der Waals surface area (Å²) < 4.78 is 5.75. The van der Waals surface area contributed by atoms with Crippen LogP contribution in [0.1, 0.15) is 58.6 Å². The first-order valence-electron chi connectivity index (χ1n) is 7.63. The van der Waals surface area contributed by atoms with Crippen molar-refractivity contribution in [2.24, 2.45) is 5.92 Å². The van der Waals surface area contributed by atoms with E-state index in [1.165, 1.54) is 12.0 Å². The van der Waals surface area contributed by atoms with E-state index in [2.05, 4.69) is 57.3 Å². The van der Waals surface area contributed by atoms with Crippen molar-refractivity contribution in [3.05, 3.63) is 29.8 Å². The largest absolute Gasteiger partial charge is 0.494 e. The Kier molecular flexibility index (Phi) is 7.57. The molecule has 1 unspecified atom stereocenters. The van der Waals surface area contributed by atoms with E-state index in [0.29, 0.717) is 12.0 Å². The third kappa shape index (κ3) is 6.11. The van der Waals surface area contributed by atoms with Crippen LogP contribution in [0.3, 0.4) is 0 Å². The van der Waals surface area contributed by atoms with Gasteiger partial charge in [0.1, 0.15) is 5.75 Å². The molecule has 19 heavy (non-hydrogen) atoms. The molecule has 1 aromatic carbocycles. The predicted molar refractivity (Wildman–Crippen MR) is 82.7 cm³/mol. The van der Waals surface area contributed by atoms with E-state index in [4.69, 9.17) is 4.74 Å². The molecule has 0 aliphatic carbocycles. The average molecular weight is 263 g/mol. The molecule has 2 heteroatoms. The number of nitrogens with one attached hydrogen (secondary N) is 1. The van der Waals surface area contributed by atoms with Gasteiger partial charge in [0, 0.05) is 6.04 Å². The maximum Gasteiger partial charge on any atom is 0.119 e. The second kappa shape index (κ2) is 8.98. The molecule has 1 aromatic rings. The minimum absolute atomic E-state index is 0.463. The van der Waals surface area contributed by atoms with Crippen LogP contribution in [0.2, 0.25) is 0 Å². The summed E-state index contributed by atoms with van der Waals surface area (Å²) in [4.78, 5) is 0. The molecule has 0 aromatic heterocycles. The fraction of sp³-hybridized carbons (Fsp3) is 0.647. The molecule has 0 bridgehead atoms. The van der Waals surface area contributed by atoms with Gasteiger partial charge in [-0.25, -0.2) is 0 Å². The lowest BCUT2D eigenvalue weighted by Gasteiger charge is -2.17. The van der Waals surface area contributed by atoms with Crippen LogP contribution in [0.4, 0.5) is 0 Å². The molecule has 0 saturated carbocycles. The SMILES string of the molecule is CCCNC(CC)c1ccc(OCCC(C)C)cc1. The van der Waals surface area contributed by atoms with Crippen molar-refractivity contribution in [2.75, 3.05) is 13.2 Å². The summed E-state index contributed by atoms with van der Waals surface area (Å²) in [6.07, 6.45) is 3.40. The Labute approximate surface area is 118 Å². The summed E-state index contributed by atoms with van der Waals surface area (Å²) >= 11 is 0. The molecule has 0 heterocycles. The number of hydrogen-bond acceptors (Lipinski definition) is 2. The van der Waals surface area contributed by atoms with E-state index in [9.17, 15) is 0 Å². The molecule has 108 valence electrons. The summed E-state index contributed by atoms with van der Waals surface area (Å²) in [6, 6.07) is 9.01. The van der Waals surface area contributed by atoms with Crippen molar-refractivity contribution in [1.29, 1.82) is 0 Å². The van der Waals surface area contributed by atoms with Gasteiger partial charge in [-0.2, -0.15) is 0 Å². The van der Waals surface area contributed by atoms with Crippen LogP contribution in [-0.2, 0) is 0 Å². The lowest BCUT2D eigenvalue weighted by molar-refractivity contribution is 0.289. The number of hydrogen-bond donors (Lipinski definition) is 1. The normalized spacial score (nSPS) is 12.7. The van der Waals surface area contributed by atoms with Gasteiger partial charge in [-0.1, -0.05) is 39.8 Å². The fourth-order valence-electron chi connectivity index (χ4n) is 2.03. The lowest BCUT2D eigenvalue weighted by Crippen LogP contribution is -2.21. The third-order valence-electron chi connectivity index (χ3n) is 3.30. The van der Waals surface area contributed by atoms with E-state index in [-0.39, 0.29) is 0 Å². The molecule has 2 nitrogen and oxygen atoms in total. The van der Waals surface area contributed by atoms with Gasteiger partial charge in [-0.05, 0) is 49.4 Å². The van der Waals surface area contributed by atoms with Crippen LogP contribution in [0.5, 0.6) is 5.75 Å². The quantitative estimate of drug-likeness (QED) is 0.705. The van der Waals surface area contributed by atoms with Crippen molar-refractivity contribution in [1.82, 2.24) is 5.32 Å². The number of benzene rings is 1. The summed E-state index contributed by atoms with van der Waals surface area (Å²) in [7, 11) is 0. The van der Waals surface area contributed by atoms with Crippen LogP contribution < -0.4 is 10.1 Å². The first-order valence-corrected chi connectivity index (χ1v) is 7.63. The molecular formula is C17H29NO. The minimum Gasteiger partial charge on any atom is -0.494 e. The molecule has 1 atom stereocenters. The average Bonchev–Trinajstić information content (AvgIpc) is 2.41. The van der Waals surface area contributed by atoms with Gasteiger partial charge < -0.3 is 10.1 Å². The van der Waals surface area contributed by atoms with E-state index in [1.807, 2.05) is 0 Å². The van der Waals surface area contributed by atoms with E-state index in [1.54, 1.807) is 0 Å². The summed E-state index contributed by atoms with van der Waals surface area (Å²) in [6.45, 7) is 10.7. The van der Waals surface area contributed by atoms with Crippen LogP contribution in [0.15, 0.2) is 24.3 Å². The highest BCUT2D eigenvalue weighted by Crippen LogP contribution is 2.20. The minimum atomic E-state index is 0.463. The first-order chi connectivity index (χ1) is 9.17. The maximum atomic E-state index is 5.75. The fourth-order valence-corrected chi connectivity index (χ4v) is 2.03. The van der Waals surface area contributed by atoms with Crippen LogP contribution in [-0.4, -0.2) is 13.2 Å². The Morgan fingerprint density at radius 2 is 1.79 bits per heavy atom. The zero-order valence-corrected chi connectivity index (χ0v) is 12.9. The molecular weight excluding hydrogens is 234 g/mol. The molecule has 0 fully saturated rings. The Morgan fingerprint density at radius 3 is 2.32 bits per heavy atom. The van der Waals surface area contributed by atoms with Crippen LogP contribution in [0, 0.1) is 5.92 Å². The monoisotopic (exact) mass is 263 g/mol. The summed E-state index contributed by atoms with van der Waals surface area (Å²) in [5, 5.41) is 3.57. The highest BCUT2D eigenvalue weighted by Gasteiger charge is 2.07. The van der Waals surface area contributed by atoms with E-state index < -0.39 is 0 Å². The standard InChI is InChI=1S/C17H29NO/c1-5-12-18-17(6-2)15-7-9-16(10-8-15)19-13-11-14(3)4/h7-10,14,17-18H,5-6,11-13H2,1-4H3. The molecule has 0 saturated heterocycles. The van der Waals surface area contributed by atoms with Crippen molar-refractivity contribution in [2.45, 2.75) is 53.0 Å². The van der Waals surface area contributed by atoms with Crippen LogP contribution >= 0.6 is 0 Å². The highest BCUT2D eigenvalue weighted by atomic mass is 16.5.